The van der Waals surface area contributed by atoms with E-state index in [1.807, 2.05) is 4.90 Å². The van der Waals surface area contributed by atoms with Crippen molar-refractivity contribution in [2.45, 2.75) is 18.4 Å². The molecule has 2 aliphatic rings. The normalized spacial score (nSPS) is 21.9. The average Bonchev–Trinajstić information content (AvgIpc) is 2.48. The van der Waals surface area contributed by atoms with Crippen LogP contribution in [0.25, 0.3) is 0 Å². The first kappa shape index (κ1) is 13.3. The van der Waals surface area contributed by atoms with Gasteiger partial charge in [0, 0.05) is 51.4 Å². The van der Waals surface area contributed by atoms with Crippen LogP contribution in [-0.4, -0.2) is 48.4 Å². The van der Waals surface area contributed by atoms with Crippen LogP contribution in [0.2, 0.25) is 0 Å². The van der Waals surface area contributed by atoms with Gasteiger partial charge in [-0.25, -0.2) is 4.98 Å². The van der Waals surface area contributed by atoms with Crippen LogP contribution in [-0.2, 0) is 9.47 Å². The summed E-state index contributed by atoms with van der Waals surface area (Å²) in [6.45, 7) is 3.18. The predicted octanol–water partition coefficient (Wildman–Crippen LogP) is 1.38. The lowest BCUT2D eigenvalue weighted by Crippen LogP contribution is -2.54. The van der Waals surface area contributed by atoms with Crippen molar-refractivity contribution in [1.82, 2.24) is 4.98 Å². The molecule has 0 atom stereocenters. The largest absolute Gasteiger partial charge is 0.381 e. The van der Waals surface area contributed by atoms with E-state index < -0.39 is 0 Å². The SMILES string of the molecule is O=[N+]([O-])c1cccnc1N1CCOC2(CCOCC2)C1. The molecule has 0 N–H and O–H groups in total. The number of hydrogen-bond donors (Lipinski definition) is 0. The van der Waals surface area contributed by atoms with E-state index in [1.54, 1.807) is 12.3 Å². The van der Waals surface area contributed by atoms with Crippen molar-refractivity contribution in [1.29, 1.82) is 0 Å². The second-order valence-electron chi connectivity index (χ2n) is 5.17. The molecule has 2 fully saturated rings. The highest BCUT2D eigenvalue weighted by Gasteiger charge is 2.40. The zero-order valence-electron chi connectivity index (χ0n) is 11.2. The summed E-state index contributed by atoms with van der Waals surface area (Å²) in [5.74, 6) is 0.437. The van der Waals surface area contributed by atoms with Crippen molar-refractivity contribution in [3.05, 3.63) is 28.4 Å². The first-order chi connectivity index (χ1) is 9.70. The lowest BCUT2D eigenvalue weighted by atomic mass is 9.92. The van der Waals surface area contributed by atoms with E-state index in [9.17, 15) is 10.1 Å². The van der Waals surface area contributed by atoms with Gasteiger partial charge in [0.1, 0.15) is 0 Å². The molecule has 0 saturated carbocycles. The first-order valence-corrected chi connectivity index (χ1v) is 6.76. The van der Waals surface area contributed by atoms with Crippen LogP contribution in [0.15, 0.2) is 18.3 Å². The van der Waals surface area contributed by atoms with Gasteiger partial charge in [-0.2, -0.15) is 0 Å². The zero-order chi connectivity index (χ0) is 14.0. The van der Waals surface area contributed by atoms with Gasteiger partial charge in [-0.1, -0.05) is 0 Å². The lowest BCUT2D eigenvalue weighted by Gasteiger charge is -2.44. The Morgan fingerprint density at radius 3 is 2.90 bits per heavy atom. The summed E-state index contributed by atoms with van der Waals surface area (Å²) in [5.41, 5.74) is -0.196. The number of nitrogens with zero attached hydrogens (tertiary/aromatic N) is 3. The minimum Gasteiger partial charge on any atom is -0.381 e. The minimum atomic E-state index is -0.381. The Balaban J connectivity index is 1.85. The highest BCUT2D eigenvalue weighted by atomic mass is 16.6. The summed E-state index contributed by atoms with van der Waals surface area (Å²) in [5, 5.41) is 11.1. The highest BCUT2D eigenvalue weighted by Crippen LogP contribution is 2.33. The van der Waals surface area contributed by atoms with Crippen LogP contribution in [0.5, 0.6) is 0 Å². The molecule has 7 nitrogen and oxygen atoms in total. The topological polar surface area (TPSA) is 77.7 Å². The summed E-state index contributed by atoms with van der Waals surface area (Å²) < 4.78 is 11.3. The third-order valence-corrected chi connectivity index (χ3v) is 3.91. The Kier molecular flexibility index (Phi) is 3.54. The van der Waals surface area contributed by atoms with Crippen molar-refractivity contribution >= 4 is 11.5 Å². The van der Waals surface area contributed by atoms with Gasteiger partial charge in [0.2, 0.25) is 5.82 Å². The van der Waals surface area contributed by atoms with E-state index in [2.05, 4.69) is 4.98 Å². The number of morpholine rings is 1. The van der Waals surface area contributed by atoms with Crippen LogP contribution >= 0.6 is 0 Å². The van der Waals surface area contributed by atoms with Crippen LogP contribution in [0.1, 0.15) is 12.8 Å². The molecule has 1 aromatic heterocycles. The van der Waals surface area contributed by atoms with Crippen molar-refractivity contribution < 1.29 is 14.4 Å². The molecule has 0 unspecified atom stereocenters. The van der Waals surface area contributed by atoms with E-state index in [0.29, 0.717) is 38.7 Å². The first-order valence-electron chi connectivity index (χ1n) is 6.76. The van der Waals surface area contributed by atoms with Gasteiger partial charge < -0.3 is 14.4 Å². The highest BCUT2D eigenvalue weighted by molar-refractivity contribution is 5.57. The number of nitro groups is 1. The number of aromatic nitrogens is 1. The monoisotopic (exact) mass is 279 g/mol. The van der Waals surface area contributed by atoms with Crippen molar-refractivity contribution in [3.63, 3.8) is 0 Å². The second kappa shape index (κ2) is 5.34. The zero-order valence-corrected chi connectivity index (χ0v) is 11.2. The molecule has 20 heavy (non-hydrogen) atoms. The molecule has 0 aromatic carbocycles. The van der Waals surface area contributed by atoms with Crippen molar-refractivity contribution in [2.75, 3.05) is 37.8 Å². The molecular formula is C13H17N3O4. The number of ether oxygens (including phenoxy) is 2. The van der Waals surface area contributed by atoms with Crippen molar-refractivity contribution in [2.24, 2.45) is 0 Å². The quantitative estimate of drug-likeness (QED) is 0.601. The van der Waals surface area contributed by atoms with E-state index >= 15 is 0 Å². The fourth-order valence-corrected chi connectivity index (χ4v) is 2.85. The van der Waals surface area contributed by atoms with E-state index in [-0.39, 0.29) is 16.2 Å². The Bertz CT molecular complexity index is 497. The second-order valence-corrected chi connectivity index (χ2v) is 5.17. The molecule has 1 aromatic rings. The Labute approximate surface area is 116 Å². The minimum absolute atomic E-state index is 0.0524. The van der Waals surface area contributed by atoms with Crippen LogP contribution in [0.3, 0.4) is 0 Å². The number of hydrogen-bond acceptors (Lipinski definition) is 6. The predicted molar refractivity (Wildman–Crippen MR) is 71.8 cm³/mol. The average molecular weight is 279 g/mol. The molecule has 2 saturated heterocycles. The molecule has 7 heteroatoms. The number of anilines is 1. The van der Waals surface area contributed by atoms with Crippen LogP contribution in [0.4, 0.5) is 11.5 Å². The maximum Gasteiger partial charge on any atom is 0.311 e. The third-order valence-electron chi connectivity index (χ3n) is 3.91. The van der Waals surface area contributed by atoms with Gasteiger partial charge in [-0.3, -0.25) is 10.1 Å². The van der Waals surface area contributed by atoms with Gasteiger partial charge in [0.05, 0.1) is 17.1 Å². The van der Waals surface area contributed by atoms with Crippen LogP contribution < -0.4 is 4.90 Å². The van der Waals surface area contributed by atoms with Gasteiger partial charge in [-0.15, -0.1) is 0 Å². The van der Waals surface area contributed by atoms with Crippen LogP contribution in [0, 0.1) is 10.1 Å². The summed E-state index contributed by atoms with van der Waals surface area (Å²) in [7, 11) is 0. The number of pyridine rings is 1. The van der Waals surface area contributed by atoms with Crippen molar-refractivity contribution in [3.8, 4) is 0 Å². The van der Waals surface area contributed by atoms with E-state index in [1.165, 1.54) is 6.07 Å². The van der Waals surface area contributed by atoms with E-state index in [0.717, 1.165) is 12.8 Å². The maximum atomic E-state index is 11.1. The molecule has 3 rings (SSSR count). The molecule has 1 spiro atoms. The molecule has 0 amide bonds. The summed E-state index contributed by atoms with van der Waals surface area (Å²) in [6, 6.07) is 3.08. The molecule has 2 aliphatic heterocycles. The lowest BCUT2D eigenvalue weighted by molar-refractivity contribution is -0.384. The smallest absolute Gasteiger partial charge is 0.311 e. The molecule has 0 radical (unpaired) electrons. The molecule has 0 bridgehead atoms. The fraction of sp³-hybridized carbons (Fsp3) is 0.615. The fourth-order valence-electron chi connectivity index (χ4n) is 2.85. The Hall–Kier alpha value is -1.73. The number of rotatable bonds is 2. The summed E-state index contributed by atoms with van der Waals surface area (Å²) in [6.07, 6.45) is 3.24. The molecule has 0 aliphatic carbocycles. The Morgan fingerprint density at radius 1 is 1.35 bits per heavy atom. The third kappa shape index (κ3) is 2.46. The van der Waals surface area contributed by atoms with Gasteiger partial charge in [0.25, 0.3) is 0 Å². The molecular weight excluding hydrogens is 262 g/mol. The van der Waals surface area contributed by atoms with Gasteiger partial charge in [-0.05, 0) is 6.07 Å². The summed E-state index contributed by atoms with van der Waals surface area (Å²) in [4.78, 5) is 16.9. The summed E-state index contributed by atoms with van der Waals surface area (Å²) >= 11 is 0. The molecule has 108 valence electrons. The molecule has 3 heterocycles. The van der Waals surface area contributed by atoms with Gasteiger partial charge >= 0.3 is 5.69 Å². The standard InChI is InChI=1S/C13H17N3O4/c17-16(18)11-2-1-5-14-12(11)15-6-9-20-13(10-15)3-7-19-8-4-13/h1-2,5H,3-4,6-10H2. The maximum absolute atomic E-state index is 11.1. The Morgan fingerprint density at radius 2 is 2.15 bits per heavy atom. The van der Waals surface area contributed by atoms with Gasteiger partial charge in [0.15, 0.2) is 0 Å². The van der Waals surface area contributed by atoms with E-state index in [4.69, 9.17) is 9.47 Å².